The topological polar surface area (TPSA) is 41.6 Å². The van der Waals surface area contributed by atoms with Crippen LogP contribution in [0.2, 0.25) is 0 Å². The number of likely N-dealkylation sites (N-methyl/N-ethyl adjacent to an activating group) is 1. The molecule has 0 aromatic rings. The number of amides is 1. The minimum Gasteiger partial charge on any atom is -0.372 e. The van der Waals surface area contributed by atoms with Crippen molar-refractivity contribution in [1.29, 1.82) is 0 Å². The van der Waals surface area contributed by atoms with E-state index in [1.807, 2.05) is 21.0 Å². The summed E-state index contributed by atoms with van der Waals surface area (Å²) in [5.41, 5.74) is 0. The van der Waals surface area contributed by atoms with E-state index >= 15 is 0 Å². The summed E-state index contributed by atoms with van der Waals surface area (Å²) in [7, 11) is 4.04. The lowest BCUT2D eigenvalue weighted by molar-refractivity contribution is -0.126. The first-order valence-corrected chi connectivity index (χ1v) is 6.47. The maximum absolute atomic E-state index is 11.6. The van der Waals surface area contributed by atoms with Crippen LogP contribution in [0.25, 0.3) is 0 Å². The van der Waals surface area contributed by atoms with Gasteiger partial charge in [-0.1, -0.05) is 20.8 Å². The normalized spacial score (nSPS) is 13.1. The van der Waals surface area contributed by atoms with Crippen molar-refractivity contribution in [1.82, 2.24) is 10.2 Å². The number of carbonyl (C=O) groups excluding carboxylic acids is 1. The summed E-state index contributed by atoms with van der Waals surface area (Å²) in [6.45, 7) is 8.07. The first kappa shape index (κ1) is 16.4. The molecule has 0 heterocycles. The first-order chi connectivity index (χ1) is 7.95. The van der Waals surface area contributed by atoms with Gasteiger partial charge in [0.1, 0.15) is 6.61 Å². The Morgan fingerprint density at radius 2 is 2.00 bits per heavy atom. The van der Waals surface area contributed by atoms with Gasteiger partial charge in [0, 0.05) is 19.2 Å². The van der Waals surface area contributed by atoms with E-state index in [0.29, 0.717) is 12.5 Å². The number of hydrogen-bond acceptors (Lipinski definition) is 3. The third-order valence-electron chi connectivity index (χ3n) is 2.29. The number of nitrogens with zero attached hydrogens (tertiary/aromatic N) is 1. The number of carbonyl (C=O) groups is 1. The van der Waals surface area contributed by atoms with E-state index in [4.69, 9.17) is 4.74 Å². The molecular formula is C13H28N2O2. The van der Waals surface area contributed by atoms with E-state index in [1.165, 1.54) is 0 Å². The highest BCUT2D eigenvalue weighted by Gasteiger charge is 2.14. The molecule has 0 rings (SSSR count). The van der Waals surface area contributed by atoms with Crippen LogP contribution in [0.1, 0.15) is 33.6 Å². The Hall–Kier alpha value is -0.610. The Balaban J connectivity index is 3.99. The maximum atomic E-state index is 11.6. The van der Waals surface area contributed by atoms with Gasteiger partial charge in [0.05, 0.1) is 0 Å². The molecule has 0 fully saturated rings. The molecule has 17 heavy (non-hydrogen) atoms. The average molecular weight is 244 g/mol. The quantitative estimate of drug-likeness (QED) is 0.625. The molecule has 0 bridgehead atoms. The van der Waals surface area contributed by atoms with Crippen molar-refractivity contribution in [3.05, 3.63) is 0 Å². The largest absolute Gasteiger partial charge is 0.372 e. The van der Waals surface area contributed by atoms with Crippen molar-refractivity contribution in [2.45, 2.75) is 39.7 Å². The summed E-state index contributed by atoms with van der Waals surface area (Å²) in [6.07, 6.45) is 1.94. The smallest absolute Gasteiger partial charge is 0.246 e. The predicted octanol–water partition coefficient (Wildman–Crippen LogP) is 1.51. The van der Waals surface area contributed by atoms with Gasteiger partial charge in [0.2, 0.25) is 5.91 Å². The molecule has 0 aliphatic carbocycles. The summed E-state index contributed by atoms with van der Waals surface area (Å²) in [5.74, 6) is 0.572. The van der Waals surface area contributed by atoms with Crippen molar-refractivity contribution in [2.75, 3.05) is 33.9 Å². The molecule has 1 atom stereocenters. The number of hydrogen-bond donors (Lipinski definition) is 1. The Kier molecular flexibility index (Phi) is 9.09. The molecule has 4 nitrogen and oxygen atoms in total. The van der Waals surface area contributed by atoms with Crippen molar-refractivity contribution in [3.8, 4) is 0 Å². The Morgan fingerprint density at radius 1 is 1.35 bits per heavy atom. The van der Waals surface area contributed by atoms with Gasteiger partial charge in [-0.15, -0.1) is 0 Å². The van der Waals surface area contributed by atoms with E-state index in [0.717, 1.165) is 19.4 Å². The van der Waals surface area contributed by atoms with Gasteiger partial charge in [0.25, 0.3) is 0 Å². The molecule has 0 spiro atoms. The fourth-order valence-corrected chi connectivity index (χ4v) is 1.77. The zero-order valence-corrected chi connectivity index (χ0v) is 12.0. The van der Waals surface area contributed by atoms with Crippen molar-refractivity contribution in [3.63, 3.8) is 0 Å². The highest BCUT2D eigenvalue weighted by Crippen LogP contribution is 2.05. The average Bonchev–Trinajstić information content (AvgIpc) is 2.15. The van der Waals surface area contributed by atoms with Crippen LogP contribution in [0.5, 0.6) is 0 Å². The second-order valence-electron chi connectivity index (χ2n) is 5.21. The molecule has 1 unspecified atom stereocenters. The molecule has 4 heteroatoms. The molecule has 0 aromatic heterocycles. The third kappa shape index (κ3) is 10.3. The van der Waals surface area contributed by atoms with E-state index < -0.39 is 0 Å². The van der Waals surface area contributed by atoms with E-state index in [2.05, 4.69) is 24.1 Å². The van der Waals surface area contributed by atoms with Crippen LogP contribution < -0.4 is 5.32 Å². The number of nitrogens with one attached hydrogen (secondary N) is 1. The van der Waals surface area contributed by atoms with E-state index in [9.17, 15) is 4.79 Å². The lowest BCUT2D eigenvalue weighted by atomic mass is 10.0. The van der Waals surface area contributed by atoms with Crippen LogP contribution in [0, 0.1) is 5.92 Å². The molecule has 0 aromatic carbocycles. The van der Waals surface area contributed by atoms with Crippen LogP contribution in [0.3, 0.4) is 0 Å². The summed E-state index contributed by atoms with van der Waals surface area (Å²) in [5, 5.41) is 3.03. The lowest BCUT2D eigenvalue weighted by Gasteiger charge is -2.23. The molecule has 0 aliphatic rings. The molecule has 102 valence electrons. The van der Waals surface area contributed by atoms with Gasteiger partial charge < -0.3 is 15.0 Å². The minimum atomic E-state index is -0.00838. The Morgan fingerprint density at radius 3 is 2.47 bits per heavy atom. The number of ether oxygens (including phenoxy) is 1. The molecule has 0 saturated carbocycles. The highest BCUT2D eigenvalue weighted by atomic mass is 16.5. The minimum absolute atomic E-state index is 0.00838. The molecule has 1 N–H and O–H groups in total. The van der Waals surface area contributed by atoms with E-state index in [1.54, 1.807) is 0 Å². The van der Waals surface area contributed by atoms with Gasteiger partial charge in [-0.05, 0) is 32.9 Å². The van der Waals surface area contributed by atoms with Gasteiger partial charge in [-0.2, -0.15) is 0 Å². The van der Waals surface area contributed by atoms with Gasteiger partial charge in [-0.25, -0.2) is 0 Å². The van der Waals surface area contributed by atoms with Crippen LogP contribution in [0.15, 0.2) is 0 Å². The zero-order valence-electron chi connectivity index (χ0n) is 12.0. The second-order valence-corrected chi connectivity index (χ2v) is 5.21. The number of rotatable bonds is 9. The standard InChI is InChI=1S/C13H28N2O2/c1-6-7-17-10-13(16)14-12(8-11(2)3)9-15(4)5/h11-12H,6-10H2,1-5H3,(H,14,16). The van der Waals surface area contributed by atoms with Crippen molar-refractivity contribution in [2.24, 2.45) is 5.92 Å². The van der Waals surface area contributed by atoms with Gasteiger partial charge >= 0.3 is 0 Å². The van der Waals surface area contributed by atoms with Gasteiger partial charge in [0.15, 0.2) is 0 Å². The predicted molar refractivity (Wildman–Crippen MR) is 71.0 cm³/mol. The second kappa shape index (κ2) is 9.42. The fraction of sp³-hybridized carbons (Fsp3) is 0.923. The van der Waals surface area contributed by atoms with Crippen LogP contribution in [-0.2, 0) is 9.53 Å². The van der Waals surface area contributed by atoms with Crippen LogP contribution in [0.4, 0.5) is 0 Å². The summed E-state index contributed by atoms with van der Waals surface area (Å²) >= 11 is 0. The fourth-order valence-electron chi connectivity index (χ4n) is 1.77. The summed E-state index contributed by atoms with van der Waals surface area (Å²) in [6, 6.07) is 0.211. The summed E-state index contributed by atoms with van der Waals surface area (Å²) in [4.78, 5) is 13.7. The Labute approximate surface area is 106 Å². The Bertz CT molecular complexity index is 196. The summed E-state index contributed by atoms with van der Waals surface area (Å²) < 4.78 is 5.23. The SMILES string of the molecule is CCCOCC(=O)NC(CC(C)C)CN(C)C. The monoisotopic (exact) mass is 244 g/mol. The molecule has 1 amide bonds. The molecule has 0 saturated heterocycles. The van der Waals surface area contributed by atoms with Crippen molar-refractivity contribution < 1.29 is 9.53 Å². The molecular weight excluding hydrogens is 216 g/mol. The molecule has 0 aliphatic heterocycles. The first-order valence-electron chi connectivity index (χ1n) is 6.47. The van der Waals surface area contributed by atoms with Crippen molar-refractivity contribution >= 4 is 5.91 Å². The van der Waals surface area contributed by atoms with Crippen LogP contribution in [-0.4, -0.2) is 50.7 Å². The maximum Gasteiger partial charge on any atom is 0.246 e. The van der Waals surface area contributed by atoms with E-state index in [-0.39, 0.29) is 18.6 Å². The third-order valence-corrected chi connectivity index (χ3v) is 2.29. The highest BCUT2D eigenvalue weighted by molar-refractivity contribution is 5.77. The zero-order chi connectivity index (χ0) is 13.3. The molecule has 0 radical (unpaired) electrons. The van der Waals surface area contributed by atoms with Crippen LogP contribution >= 0.6 is 0 Å². The lowest BCUT2D eigenvalue weighted by Crippen LogP contribution is -2.43. The van der Waals surface area contributed by atoms with Gasteiger partial charge in [-0.3, -0.25) is 4.79 Å².